The lowest BCUT2D eigenvalue weighted by Crippen LogP contribution is -2.45. The smallest absolute Gasteiger partial charge is 0.271 e. The summed E-state index contributed by atoms with van der Waals surface area (Å²) in [7, 11) is 1.81. The fraction of sp³-hybridized carbons (Fsp3) is 0.400. The average Bonchev–Trinajstić information content (AvgIpc) is 2.96. The number of piperidine rings is 1. The number of halogens is 1. The molecule has 0 atom stereocenters. The Morgan fingerprint density at radius 1 is 1.32 bits per heavy atom. The Labute approximate surface area is 137 Å². The van der Waals surface area contributed by atoms with E-state index in [1.54, 1.807) is 24.0 Å². The lowest BCUT2D eigenvalue weighted by Gasteiger charge is -2.33. The van der Waals surface area contributed by atoms with Crippen molar-refractivity contribution in [1.29, 1.82) is 0 Å². The fourth-order valence-electron chi connectivity index (χ4n) is 2.60. The predicted molar refractivity (Wildman–Crippen MR) is 87.8 cm³/mol. The van der Waals surface area contributed by atoms with E-state index in [1.165, 1.54) is 0 Å². The first-order valence-corrected chi connectivity index (χ1v) is 8.08. The Balaban J connectivity index is 1.53. The second kappa shape index (κ2) is 6.48. The summed E-state index contributed by atoms with van der Waals surface area (Å²) in [5.74, 6) is 0.888. The number of aryl methyl sites for hydroxylation is 1. The maximum absolute atomic E-state index is 12.1. The van der Waals surface area contributed by atoms with Gasteiger partial charge in [0, 0.05) is 43.0 Å². The first kappa shape index (κ1) is 15.0. The molecule has 3 heterocycles. The van der Waals surface area contributed by atoms with Crippen LogP contribution in [0.3, 0.4) is 0 Å². The summed E-state index contributed by atoms with van der Waals surface area (Å²) in [6.07, 6.45) is 5.41. The van der Waals surface area contributed by atoms with Gasteiger partial charge in [0.2, 0.25) is 0 Å². The first-order chi connectivity index (χ1) is 10.6. The normalized spacial score (nSPS) is 15.8. The van der Waals surface area contributed by atoms with Gasteiger partial charge in [0.25, 0.3) is 5.91 Å². The number of nitrogens with one attached hydrogen (secondary N) is 1. The minimum Gasteiger partial charge on any atom is -0.356 e. The van der Waals surface area contributed by atoms with Gasteiger partial charge in [-0.05, 0) is 47.0 Å². The summed E-state index contributed by atoms with van der Waals surface area (Å²) in [4.78, 5) is 18.8. The van der Waals surface area contributed by atoms with Crippen molar-refractivity contribution in [2.45, 2.75) is 18.9 Å². The summed E-state index contributed by atoms with van der Waals surface area (Å²) < 4.78 is 2.62. The number of rotatable bonds is 3. The molecule has 7 heteroatoms. The summed E-state index contributed by atoms with van der Waals surface area (Å²) in [6, 6.07) is 5.94. The highest BCUT2D eigenvalue weighted by molar-refractivity contribution is 9.10. The Morgan fingerprint density at radius 3 is 2.68 bits per heavy atom. The molecule has 2 aromatic rings. The van der Waals surface area contributed by atoms with E-state index in [2.05, 4.69) is 36.2 Å². The van der Waals surface area contributed by atoms with Crippen LogP contribution in [-0.4, -0.2) is 39.8 Å². The molecule has 1 N–H and O–H groups in total. The molecule has 1 saturated heterocycles. The molecule has 0 aromatic carbocycles. The Hall–Kier alpha value is -1.89. The Bertz CT molecular complexity index is 646. The van der Waals surface area contributed by atoms with E-state index in [-0.39, 0.29) is 11.9 Å². The van der Waals surface area contributed by atoms with E-state index in [0.717, 1.165) is 36.2 Å². The third-order valence-electron chi connectivity index (χ3n) is 3.81. The number of carbonyl (C=O) groups excluding carboxylic acids is 1. The molecular weight excluding hydrogens is 346 g/mol. The van der Waals surface area contributed by atoms with Crippen molar-refractivity contribution in [2.24, 2.45) is 7.05 Å². The maximum Gasteiger partial charge on any atom is 0.271 e. The molecule has 116 valence electrons. The molecule has 0 aliphatic carbocycles. The van der Waals surface area contributed by atoms with Crippen LogP contribution < -0.4 is 10.2 Å². The van der Waals surface area contributed by atoms with Crippen molar-refractivity contribution in [2.75, 3.05) is 18.0 Å². The quantitative estimate of drug-likeness (QED) is 0.905. The molecule has 0 bridgehead atoms. The van der Waals surface area contributed by atoms with Crippen molar-refractivity contribution in [3.63, 3.8) is 0 Å². The summed E-state index contributed by atoms with van der Waals surface area (Å²) in [5.41, 5.74) is 0.472. The number of nitrogens with zero attached hydrogens (tertiary/aromatic N) is 4. The number of hydrogen-bond donors (Lipinski definition) is 1. The zero-order valence-corrected chi connectivity index (χ0v) is 14.0. The van der Waals surface area contributed by atoms with Gasteiger partial charge >= 0.3 is 0 Å². The standard InChI is InChI=1S/C15H18BrN5O/c1-20-7-6-13(19-20)15(22)18-12-4-8-21(9-5-12)14-3-2-11(16)10-17-14/h2-3,6-7,10,12H,4-5,8-9H2,1H3,(H,18,22). The lowest BCUT2D eigenvalue weighted by atomic mass is 10.0. The molecule has 0 unspecified atom stereocenters. The molecule has 6 nitrogen and oxygen atoms in total. The molecule has 22 heavy (non-hydrogen) atoms. The average molecular weight is 364 g/mol. The van der Waals surface area contributed by atoms with Gasteiger partial charge in [-0.2, -0.15) is 5.10 Å². The number of carbonyl (C=O) groups is 1. The van der Waals surface area contributed by atoms with Crippen molar-refractivity contribution < 1.29 is 4.79 Å². The number of amides is 1. The monoisotopic (exact) mass is 363 g/mol. The van der Waals surface area contributed by atoms with Crippen LogP contribution in [0.15, 0.2) is 35.1 Å². The molecule has 0 spiro atoms. The molecule has 0 saturated carbocycles. The van der Waals surface area contributed by atoms with Gasteiger partial charge in [0.1, 0.15) is 11.5 Å². The van der Waals surface area contributed by atoms with E-state index in [0.29, 0.717) is 5.69 Å². The highest BCUT2D eigenvalue weighted by Gasteiger charge is 2.22. The van der Waals surface area contributed by atoms with E-state index in [9.17, 15) is 4.79 Å². The van der Waals surface area contributed by atoms with Gasteiger partial charge in [-0.3, -0.25) is 9.48 Å². The molecule has 1 aliphatic rings. The zero-order chi connectivity index (χ0) is 15.5. The molecule has 1 amide bonds. The third kappa shape index (κ3) is 3.47. The van der Waals surface area contributed by atoms with Crippen LogP contribution in [0.4, 0.5) is 5.82 Å². The number of anilines is 1. The molecule has 0 radical (unpaired) electrons. The van der Waals surface area contributed by atoms with Crippen LogP contribution in [0, 0.1) is 0 Å². The van der Waals surface area contributed by atoms with Crippen LogP contribution in [0.1, 0.15) is 23.3 Å². The SMILES string of the molecule is Cn1ccc(C(=O)NC2CCN(c3ccc(Br)cn3)CC2)n1. The topological polar surface area (TPSA) is 63.1 Å². The van der Waals surface area contributed by atoms with Gasteiger partial charge < -0.3 is 10.2 Å². The molecule has 2 aromatic heterocycles. The van der Waals surface area contributed by atoms with E-state index >= 15 is 0 Å². The van der Waals surface area contributed by atoms with Crippen molar-refractivity contribution >= 4 is 27.7 Å². The minimum atomic E-state index is -0.0965. The van der Waals surface area contributed by atoms with Crippen molar-refractivity contribution in [3.8, 4) is 0 Å². The van der Waals surface area contributed by atoms with E-state index < -0.39 is 0 Å². The summed E-state index contributed by atoms with van der Waals surface area (Å²) in [5, 5.41) is 7.19. The summed E-state index contributed by atoms with van der Waals surface area (Å²) >= 11 is 3.39. The van der Waals surface area contributed by atoms with Crippen molar-refractivity contribution in [3.05, 3.63) is 40.8 Å². The van der Waals surface area contributed by atoms with E-state index in [4.69, 9.17) is 0 Å². The van der Waals surface area contributed by atoms with Crippen molar-refractivity contribution in [1.82, 2.24) is 20.1 Å². The largest absolute Gasteiger partial charge is 0.356 e. The van der Waals surface area contributed by atoms with Gasteiger partial charge in [-0.25, -0.2) is 4.98 Å². The Kier molecular flexibility index (Phi) is 4.42. The molecule has 3 rings (SSSR count). The van der Waals surface area contributed by atoms with Crippen LogP contribution >= 0.6 is 15.9 Å². The van der Waals surface area contributed by atoms with Crippen LogP contribution in [-0.2, 0) is 7.05 Å². The third-order valence-corrected chi connectivity index (χ3v) is 4.28. The van der Waals surface area contributed by atoms with Crippen LogP contribution in [0.5, 0.6) is 0 Å². The van der Waals surface area contributed by atoms with E-state index in [1.807, 2.05) is 18.3 Å². The highest BCUT2D eigenvalue weighted by atomic mass is 79.9. The van der Waals surface area contributed by atoms with Gasteiger partial charge in [-0.1, -0.05) is 0 Å². The minimum absolute atomic E-state index is 0.0965. The van der Waals surface area contributed by atoms with Gasteiger partial charge in [-0.15, -0.1) is 0 Å². The molecular formula is C15H18BrN5O. The number of hydrogen-bond acceptors (Lipinski definition) is 4. The Morgan fingerprint density at radius 2 is 2.09 bits per heavy atom. The molecule has 1 fully saturated rings. The molecule has 1 aliphatic heterocycles. The second-order valence-corrected chi connectivity index (χ2v) is 6.36. The fourth-order valence-corrected chi connectivity index (χ4v) is 2.84. The second-order valence-electron chi connectivity index (χ2n) is 5.44. The number of pyridine rings is 1. The van der Waals surface area contributed by atoms with Crippen LogP contribution in [0.2, 0.25) is 0 Å². The van der Waals surface area contributed by atoms with Crippen LogP contribution in [0.25, 0.3) is 0 Å². The number of aromatic nitrogens is 3. The maximum atomic E-state index is 12.1. The predicted octanol–water partition coefficient (Wildman–Crippen LogP) is 1.98. The zero-order valence-electron chi connectivity index (χ0n) is 12.4. The summed E-state index contributed by atoms with van der Waals surface area (Å²) in [6.45, 7) is 1.78. The lowest BCUT2D eigenvalue weighted by molar-refractivity contribution is 0.0925. The van der Waals surface area contributed by atoms with Gasteiger partial charge in [0.05, 0.1) is 0 Å². The first-order valence-electron chi connectivity index (χ1n) is 7.29. The highest BCUT2D eigenvalue weighted by Crippen LogP contribution is 2.19. The van der Waals surface area contributed by atoms with Gasteiger partial charge in [0.15, 0.2) is 0 Å².